The summed E-state index contributed by atoms with van der Waals surface area (Å²) in [5, 5.41) is 2.14. The van der Waals surface area contributed by atoms with Crippen molar-refractivity contribution in [2.24, 2.45) is 0 Å². The van der Waals surface area contributed by atoms with Gasteiger partial charge in [0, 0.05) is 24.3 Å². The normalized spacial score (nSPS) is 13.4. The zero-order valence-corrected chi connectivity index (χ0v) is 11.7. The molecule has 1 aromatic rings. The van der Waals surface area contributed by atoms with Crippen LogP contribution in [0.3, 0.4) is 0 Å². The third-order valence-corrected chi connectivity index (χ3v) is 2.71. The fraction of sp³-hybridized carbons (Fsp3) is 0.500. The Bertz CT molecular complexity index is 403. The van der Waals surface area contributed by atoms with Crippen LogP contribution in [-0.4, -0.2) is 30.6 Å². The number of rotatable bonds is 5. The van der Waals surface area contributed by atoms with Crippen molar-refractivity contribution < 1.29 is 17.9 Å². The summed E-state index contributed by atoms with van der Waals surface area (Å²) in [6.45, 7) is 0.375. The number of halogens is 5. The van der Waals surface area contributed by atoms with E-state index in [-0.39, 0.29) is 23.4 Å². The number of alkyl halides is 4. The number of nitrogens with one attached hydrogen (secondary N) is 1. The minimum Gasteiger partial charge on any atom is -0.383 e. The lowest BCUT2D eigenvalue weighted by Gasteiger charge is -2.15. The average Bonchev–Trinajstić information content (AvgIpc) is 2.26. The maximum Gasteiger partial charge on any atom is 0.419 e. The van der Waals surface area contributed by atoms with Crippen LogP contribution < -0.4 is 5.32 Å². The number of aromatic nitrogens is 1. The van der Waals surface area contributed by atoms with E-state index in [1.807, 2.05) is 0 Å². The predicted octanol–water partition coefficient (Wildman–Crippen LogP) is 3.53. The zero-order valence-electron chi connectivity index (χ0n) is 9.39. The highest BCUT2D eigenvalue weighted by molar-refractivity contribution is 9.10. The number of methoxy groups -OCH3 is 1. The summed E-state index contributed by atoms with van der Waals surface area (Å²) in [5.41, 5.74) is -0.835. The van der Waals surface area contributed by atoms with Crippen LogP contribution in [0, 0.1) is 0 Å². The van der Waals surface area contributed by atoms with Gasteiger partial charge in [-0.2, -0.15) is 13.2 Å². The van der Waals surface area contributed by atoms with Crippen molar-refractivity contribution in [3.63, 3.8) is 0 Å². The Morgan fingerprint density at radius 2 is 2.22 bits per heavy atom. The number of nitrogens with zero attached hydrogens (tertiary/aromatic N) is 1. The first-order chi connectivity index (χ1) is 8.34. The zero-order chi connectivity index (χ0) is 13.8. The minimum absolute atomic E-state index is 0.132. The van der Waals surface area contributed by atoms with Gasteiger partial charge in [-0.05, 0) is 22.0 Å². The van der Waals surface area contributed by atoms with Gasteiger partial charge in [-0.1, -0.05) is 0 Å². The Hall–Kier alpha value is -0.530. The Balaban J connectivity index is 2.82. The van der Waals surface area contributed by atoms with Crippen LogP contribution in [0.1, 0.15) is 5.56 Å². The molecule has 0 saturated carbocycles. The molecule has 1 rings (SSSR count). The van der Waals surface area contributed by atoms with Gasteiger partial charge in [0.1, 0.15) is 5.82 Å². The van der Waals surface area contributed by atoms with Crippen molar-refractivity contribution in [1.82, 2.24) is 4.98 Å². The molecule has 0 spiro atoms. The summed E-state index contributed by atoms with van der Waals surface area (Å²) < 4.78 is 43.3. The van der Waals surface area contributed by atoms with Crippen LogP contribution >= 0.6 is 27.5 Å². The summed E-state index contributed by atoms with van der Waals surface area (Å²) in [5.74, 6) is -0.243. The van der Waals surface area contributed by atoms with Crippen molar-refractivity contribution in [3.8, 4) is 0 Å². The van der Waals surface area contributed by atoms with Gasteiger partial charge < -0.3 is 10.1 Å². The number of pyridine rings is 1. The van der Waals surface area contributed by atoms with Crippen LogP contribution in [-0.2, 0) is 10.9 Å². The smallest absolute Gasteiger partial charge is 0.383 e. The van der Waals surface area contributed by atoms with Gasteiger partial charge in [0.15, 0.2) is 0 Å². The Morgan fingerprint density at radius 3 is 2.78 bits per heavy atom. The van der Waals surface area contributed by atoms with Crippen molar-refractivity contribution in [2.45, 2.75) is 11.6 Å². The van der Waals surface area contributed by atoms with Crippen LogP contribution in [0.2, 0.25) is 0 Å². The highest BCUT2D eigenvalue weighted by Gasteiger charge is 2.34. The van der Waals surface area contributed by atoms with Gasteiger partial charge in [0.05, 0.1) is 17.5 Å². The molecular formula is C10H11BrClF3N2O. The molecule has 0 bridgehead atoms. The molecule has 18 heavy (non-hydrogen) atoms. The van der Waals surface area contributed by atoms with Crippen LogP contribution in [0.5, 0.6) is 0 Å². The molecule has 0 saturated heterocycles. The average molecular weight is 348 g/mol. The lowest BCUT2D eigenvalue weighted by Crippen LogP contribution is -2.21. The Kier molecular flexibility index (Phi) is 5.68. The van der Waals surface area contributed by atoms with Crippen LogP contribution in [0.25, 0.3) is 0 Å². The van der Waals surface area contributed by atoms with Gasteiger partial charge in [0.25, 0.3) is 0 Å². The summed E-state index contributed by atoms with van der Waals surface area (Å²) in [6.07, 6.45) is -3.18. The third kappa shape index (κ3) is 4.62. The molecule has 1 aromatic heterocycles. The van der Waals surface area contributed by atoms with Crippen molar-refractivity contribution in [1.29, 1.82) is 0 Å². The molecule has 0 aliphatic heterocycles. The van der Waals surface area contributed by atoms with E-state index in [4.69, 9.17) is 16.3 Å². The third-order valence-electron chi connectivity index (χ3n) is 2.00. The quantitative estimate of drug-likeness (QED) is 0.828. The van der Waals surface area contributed by atoms with E-state index in [9.17, 15) is 13.2 Å². The Labute approximate surface area is 116 Å². The van der Waals surface area contributed by atoms with Gasteiger partial charge >= 0.3 is 6.18 Å². The first kappa shape index (κ1) is 15.5. The fourth-order valence-electron chi connectivity index (χ4n) is 1.24. The highest BCUT2D eigenvalue weighted by Crippen LogP contribution is 2.35. The second-order valence-corrected chi connectivity index (χ2v) is 5.01. The molecule has 102 valence electrons. The standard InChI is InChI=1S/C10H11BrClF3N2O/c1-18-5-7(12)4-17-9-8(10(13,14)15)2-6(11)3-16-9/h2-3,7H,4-5H2,1H3,(H,16,17). The first-order valence-electron chi connectivity index (χ1n) is 4.94. The van der Waals surface area contributed by atoms with E-state index in [0.29, 0.717) is 0 Å². The molecule has 1 heterocycles. The molecule has 0 amide bonds. The van der Waals surface area contributed by atoms with Crippen molar-refractivity contribution in [2.75, 3.05) is 25.6 Å². The molecule has 1 unspecified atom stereocenters. The Morgan fingerprint density at radius 1 is 1.56 bits per heavy atom. The molecule has 0 aliphatic carbocycles. The van der Waals surface area contributed by atoms with Crippen LogP contribution in [0.4, 0.5) is 19.0 Å². The summed E-state index contributed by atoms with van der Waals surface area (Å²) in [4.78, 5) is 3.70. The van der Waals surface area contributed by atoms with E-state index in [1.54, 1.807) is 0 Å². The number of ether oxygens (including phenoxy) is 1. The lowest BCUT2D eigenvalue weighted by atomic mass is 10.2. The molecule has 3 nitrogen and oxygen atoms in total. The van der Waals surface area contributed by atoms with Gasteiger partial charge in [-0.15, -0.1) is 11.6 Å². The van der Waals surface area contributed by atoms with Gasteiger partial charge in [-0.25, -0.2) is 4.98 Å². The summed E-state index contributed by atoms with van der Waals surface area (Å²) >= 11 is 8.78. The molecular weight excluding hydrogens is 336 g/mol. The monoisotopic (exact) mass is 346 g/mol. The maximum absolute atomic E-state index is 12.7. The number of hydrogen-bond donors (Lipinski definition) is 1. The second-order valence-electron chi connectivity index (χ2n) is 3.48. The summed E-state index contributed by atoms with van der Waals surface area (Å²) in [6, 6.07) is 0.967. The van der Waals surface area contributed by atoms with Gasteiger partial charge in [-0.3, -0.25) is 0 Å². The molecule has 0 aromatic carbocycles. The SMILES string of the molecule is COCC(Cl)CNc1ncc(Br)cc1C(F)(F)F. The summed E-state index contributed by atoms with van der Waals surface area (Å²) in [7, 11) is 1.47. The highest BCUT2D eigenvalue weighted by atomic mass is 79.9. The van der Waals surface area contributed by atoms with E-state index >= 15 is 0 Å². The first-order valence-corrected chi connectivity index (χ1v) is 6.17. The largest absolute Gasteiger partial charge is 0.419 e. The van der Waals surface area contributed by atoms with E-state index in [0.717, 1.165) is 6.07 Å². The van der Waals surface area contributed by atoms with Crippen molar-refractivity contribution in [3.05, 3.63) is 22.3 Å². The topological polar surface area (TPSA) is 34.1 Å². The van der Waals surface area contributed by atoms with E-state index in [2.05, 4.69) is 26.2 Å². The molecule has 0 radical (unpaired) electrons. The molecule has 1 N–H and O–H groups in total. The van der Waals surface area contributed by atoms with E-state index < -0.39 is 17.1 Å². The fourth-order valence-corrected chi connectivity index (χ4v) is 1.78. The molecule has 1 atom stereocenters. The van der Waals surface area contributed by atoms with E-state index in [1.165, 1.54) is 13.3 Å². The number of hydrogen-bond acceptors (Lipinski definition) is 3. The molecule has 0 aliphatic rings. The molecule has 0 fully saturated rings. The second kappa shape index (κ2) is 6.58. The minimum atomic E-state index is -4.47. The predicted molar refractivity (Wildman–Crippen MR) is 66.9 cm³/mol. The molecule has 8 heteroatoms. The lowest BCUT2D eigenvalue weighted by molar-refractivity contribution is -0.137. The van der Waals surface area contributed by atoms with Gasteiger partial charge in [0.2, 0.25) is 0 Å². The number of anilines is 1. The van der Waals surface area contributed by atoms with Crippen molar-refractivity contribution >= 4 is 33.3 Å². The van der Waals surface area contributed by atoms with Crippen LogP contribution in [0.15, 0.2) is 16.7 Å². The maximum atomic E-state index is 12.7.